The minimum Gasteiger partial charge on any atom is -0.238 e. The molecule has 0 N–H and O–H groups in total. The van der Waals surface area contributed by atoms with Crippen LogP contribution in [0.2, 0.25) is 5.15 Å². The molecule has 0 radical (unpaired) electrons. The molecule has 1 aliphatic rings. The third kappa shape index (κ3) is 1.55. The molecule has 1 heterocycles. The maximum atomic E-state index is 5.99. The highest BCUT2D eigenvalue weighted by atomic mass is 35.5. The molecule has 1 fully saturated rings. The van der Waals surface area contributed by atoms with Gasteiger partial charge in [0.25, 0.3) is 0 Å². The second-order valence-corrected chi connectivity index (χ2v) is 4.26. The first-order valence-electron chi connectivity index (χ1n) is 4.60. The van der Waals surface area contributed by atoms with E-state index in [0.29, 0.717) is 11.1 Å². The van der Waals surface area contributed by atoms with E-state index in [-0.39, 0.29) is 0 Å². The summed E-state index contributed by atoms with van der Waals surface area (Å²) in [5.41, 5.74) is 2.01. The smallest absolute Gasteiger partial charge is 0.135 e. The third-order valence-electron chi connectivity index (χ3n) is 2.79. The van der Waals surface area contributed by atoms with Crippen LogP contribution in [0.1, 0.15) is 36.3 Å². The molecule has 1 aromatic rings. The van der Waals surface area contributed by atoms with Crippen LogP contribution in [0.4, 0.5) is 0 Å². The Morgan fingerprint density at radius 1 is 1.31 bits per heavy atom. The molecule has 1 aliphatic carbocycles. The zero-order valence-corrected chi connectivity index (χ0v) is 8.89. The van der Waals surface area contributed by atoms with Crippen molar-refractivity contribution in [2.24, 2.45) is 5.92 Å². The van der Waals surface area contributed by atoms with Crippen molar-refractivity contribution < 1.29 is 0 Å². The topological polar surface area (TPSA) is 25.8 Å². The highest BCUT2D eigenvalue weighted by Gasteiger charge is 2.36. The standard InChI is InChI=1S/C10H13ClN2/c1-5-4-8(5)10-12-7(3)6(2)9(11)13-10/h5,8H,4H2,1-3H3. The van der Waals surface area contributed by atoms with Crippen LogP contribution in [0.3, 0.4) is 0 Å². The van der Waals surface area contributed by atoms with Crippen LogP contribution in [-0.2, 0) is 0 Å². The maximum absolute atomic E-state index is 5.99. The lowest BCUT2D eigenvalue weighted by Gasteiger charge is -2.04. The van der Waals surface area contributed by atoms with E-state index in [9.17, 15) is 0 Å². The first-order valence-corrected chi connectivity index (χ1v) is 4.98. The Hall–Kier alpha value is -0.630. The summed E-state index contributed by atoms with van der Waals surface area (Å²) in [7, 11) is 0. The van der Waals surface area contributed by atoms with Crippen molar-refractivity contribution in [1.29, 1.82) is 0 Å². The molecule has 1 saturated carbocycles. The largest absolute Gasteiger partial charge is 0.238 e. The molecule has 0 aliphatic heterocycles. The zero-order valence-electron chi connectivity index (χ0n) is 8.13. The van der Waals surface area contributed by atoms with Crippen LogP contribution in [0.5, 0.6) is 0 Å². The highest BCUT2D eigenvalue weighted by molar-refractivity contribution is 6.30. The van der Waals surface area contributed by atoms with Crippen molar-refractivity contribution in [3.63, 3.8) is 0 Å². The van der Waals surface area contributed by atoms with Crippen LogP contribution < -0.4 is 0 Å². The van der Waals surface area contributed by atoms with E-state index in [2.05, 4.69) is 16.9 Å². The quantitative estimate of drug-likeness (QED) is 0.646. The molecule has 2 rings (SSSR count). The van der Waals surface area contributed by atoms with Gasteiger partial charge in [0.05, 0.1) is 0 Å². The lowest BCUT2D eigenvalue weighted by Crippen LogP contribution is -1.99. The maximum Gasteiger partial charge on any atom is 0.135 e. The molecule has 0 saturated heterocycles. The summed E-state index contributed by atoms with van der Waals surface area (Å²) in [6, 6.07) is 0. The van der Waals surface area contributed by atoms with Gasteiger partial charge in [-0.05, 0) is 26.2 Å². The summed E-state index contributed by atoms with van der Waals surface area (Å²) in [5, 5.41) is 0.613. The molecule has 1 aromatic heterocycles. The van der Waals surface area contributed by atoms with Gasteiger partial charge in [0, 0.05) is 17.2 Å². The minimum absolute atomic E-state index is 0.553. The molecule has 0 amide bonds. The van der Waals surface area contributed by atoms with Gasteiger partial charge >= 0.3 is 0 Å². The van der Waals surface area contributed by atoms with Gasteiger partial charge in [0.1, 0.15) is 11.0 Å². The second kappa shape index (κ2) is 2.95. The molecule has 0 spiro atoms. The van der Waals surface area contributed by atoms with E-state index in [4.69, 9.17) is 11.6 Å². The molecule has 70 valence electrons. The molecule has 2 nitrogen and oxygen atoms in total. The van der Waals surface area contributed by atoms with Gasteiger partial charge in [-0.2, -0.15) is 0 Å². The zero-order chi connectivity index (χ0) is 9.59. The summed E-state index contributed by atoms with van der Waals surface area (Å²) in [4.78, 5) is 8.75. The normalized spacial score (nSPS) is 26.2. The molecule has 0 aromatic carbocycles. The summed E-state index contributed by atoms with van der Waals surface area (Å²) >= 11 is 5.99. The van der Waals surface area contributed by atoms with Gasteiger partial charge in [-0.1, -0.05) is 18.5 Å². The van der Waals surface area contributed by atoms with Gasteiger partial charge in [-0.25, -0.2) is 9.97 Å². The van der Waals surface area contributed by atoms with Crippen molar-refractivity contribution in [1.82, 2.24) is 9.97 Å². The summed E-state index contributed by atoms with van der Waals surface area (Å²) in [6.07, 6.45) is 1.21. The molecule has 2 atom stereocenters. The Balaban J connectivity index is 2.39. The SMILES string of the molecule is Cc1nc(C2CC2C)nc(Cl)c1C. The lowest BCUT2D eigenvalue weighted by molar-refractivity contribution is 0.827. The Kier molecular flexibility index (Phi) is 2.03. The van der Waals surface area contributed by atoms with Gasteiger partial charge in [0.15, 0.2) is 0 Å². The Labute approximate surface area is 83.4 Å². The third-order valence-corrected chi connectivity index (χ3v) is 3.16. The molecule has 3 heteroatoms. The van der Waals surface area contributed by atoms with Crippen molar-refractivity contribution in [3.05, 3.63) is 22.2 Å². The fourth-order valence-corrected chi connectivity index (χ4v) is 1.69. The number of aromatic nitrogens is 2. The van der Waals surface area contributed by atoms with Crippen molar-refractivity contribution in [3.8, 4) is 0 Å². The van der Waals surface area contributed by atoms with Crippen molar-refractivity contribution >= 4 is 11.6 Å². The van der Waals surface area contributed by atoms with E-state index in [1.54, 1.807) is 0 Å². The van der Waals surface area contributed by atoms with Crippen LogP contribution in [0.25, 0.3) is 0 Å². The average Bonchev–Trinajstić information content (AvgIpc) is 2.77. The Bertz CT molecular complexity index is 326. The Morgan fingerprint density at radius 3 is 2.38 bits per heavy atom. The monoisotopic (exact) mass is 196 g/mol. The molecular formula is C10H13ClN2. The van der Waals surface area contributed by atoms with Crippen LogP contribution >= 0.6 is 11.6 Å². The van der Waals surface area contributed by atoms with Gasteiger partial charge in [-0.3, -0.25) is 0 Å². The summed E-state index contributed by atoms with van der Waals surface area (Å²) in [6.45, 7) is 6.16. The van der Waals surface area contributed by atoms with E-state index in [0.717, 1.165) is 23.0 Å². The highest BCUT2D eigenvalue weighted by Crippen LogP contribution is 2.45. The first kappa shape index (κ1) is 8.95. The van der Waals surface area contributed by atoms with E-state index in [1.807, 2.05) is 13.8 Å². The van der Waals surface area contributed by atoms with Crippen LogP contribution in [0.15, 0.2) is 0 Å². The van der Waals surface area contributed by atoms with Crippen molar-refractivity contribution in [2.75, 3.05) is 0 Å². The number of nitrogens with zero attached hydrogens (tertiary/aromatic N) is 2. The predicted octanol–water partition coefficient (Wildman–Crippen LogP) is 2.87. The number of rotatable bonds is 1. The number of hydrogen-bond donors (Lipinski definition) is 0. The van der Waals surface area contributed by atoms with Crippen molar-refractivity contribution in [2.45, 2.75) is 33.1 Å². The first-order chi connectivity index (χ1) is 6.09. The number of aryl methyl sites for hydroxylation is 1. The Morgan fingerprint density at radius 2 is 1.92 bits per heavy atom. The fraction of sp³-hybridized carbons (Fsp3) is 0.600. The lowest BCUT2D eigenvalue weighted by atomic mass is 10.2. The van der Waals surface area contributed by atoms with E-state index in [1.165, 1.54) is 6.42 Å². The predicted molar refractivity (Wildman–Crippen MR) is 53.0 cm³/mol. The van der Waals surface area contributed by atoms with E-state index < -0.39 is 0 Å². The van der Waals surface area contributed by atoms with Crippen LogP contribution in [0, 0.1) is 19.8 Å². The molecule has 2 unspecified atom stereocenters. The van der Waals surface area contributed by atoms with Gasteiger partial charge < -0.3 is 0 Å². The summed E-state index contributed by atoms with van der Waals surface area (Å²) in [5.74, 6) is 2.22. The molecular weight excluding hydrogens is 184 g/mol. The van der Waals surface area contributed by atoms with E-state index >= 15 is 0 Å². The molecule has 0 bridgehead atoms. The van der Waals surface area contributed by atoms with Gasteiger partial charge in [0.2, 0.25) is 0 Å². The number of halogens is 1. The average molecular weight is 197 g/mol. The summed E-state index contributed by atoms with van der Waals surface area (Å²) < 4.78 is 0. The van der Waals surface area contributed by atoms with Gasteiger partial charge in [-0.15, -0.1) is 0 Å². The second-order valence-electron chi connectivity index (χ2n) is 3.90. The van der Waals surface area contributed by atoms with Crippen LogP contribution in [-0.4, -0.2) is 9.97 Å². The minimum atomic E-state index is 0.553. The number of hydrogen-bond acceptors (Lipinski definition) is 2. The fourth-order valence-electron chi connectivity index (χ4n) is 1.46. The molecule has 13 heavy (non-hydrogen) atoms.